The maximum atomic E-state index is 12.5. The predicted molar refractivity (Wildman–Crippen MR) is 131 cm³/mol. The predicted octanol–water partition coefficient (Wildman–Crippen LogP) is 5.89. The summed E-state index contributed by atoms with van der Waals surface area (Å²) in [5.41, 5.74) is 6.20. The van der Waals surface area contributed by atoms with Gasteiger partial charge in [0.1, 0.15) is 17.6 Å². The molecule has 0 N–H and O–H groups in total. The first-order valence-electron chi connectivity index (χ1n) is 11.1. The highest BCUT2D eigenvalue weighted by molar-refractivity contribution is 5.91. The Hall–Kier alpha value is -4.12. The highest BCUT2D eigenvalue weighted by Crippen LogP contribution is 2.30. The van der Waals surface area contributed by atoms with E-state index in [0.717, 1.165) is 24.0 Å². The molecule has 0 spiro atoms. The Kier molecular flexibility index (Phi) is 6.93. The van der Waals surface area contributed by atoms with E-state index in [0.29, 0.717) is 17.1 Å². The molecule has 172 valence electrons. The second-order valence-electron chi connectivity index (χ2n) is 8.06. The Morgan fingerprint density at radius 2 is 1.65 bits per heavy atom. The van der Waals surface area contributed by atoms with Gasteiger partial charge >= 0.3 is 11.9 Å². The molecule has 1 atom stereocenters. The molecule has 0 heterocycles. The lowest BCUT2D eigenvalue weighted by atomic mass is 9.86. The number of benzene rings is 3. The van der Waals surface area contributed by atoms with Crippen LogP contribution in [0.15, 0.2) is 85.5 Å². The number of carbonyl (C=O) groups is 2. The molecular weight excluding hydrogens is 428 g/mol. The molecule has 0 amide bonds. The van der Waals surface area contributed by atoms with Crippen LogP contribution in [0.5, 0.6) is 11.5 Å². The number of ether oxygens (including phenoxy) is 3. The molecule has 4 rings (SSSR count). The van der Waals surface area contributed by atoms with E-state index in [9.17, 15) is 9.59 Å². The smallest absolute Gasteiger partial charge is 0.343 e. The van der Waals surface area contributed by atoms with Crippen LogP contribution < -0.4 is 9.47 Å². The molecule has 5 nitrogen and oxygen atoms in total. The Labute approximate surface area is 199 Å². The van der Waals surface area contributed by atoms with Crippen molar-refractivity contribution in [2.75, 3.05) is 7.11 Å². The molecule has 3 aromatic rings. The number of carbonyl (C=O) groups excluding carboxylic acids is 2. The van der Waals surface area contributed by atoms with E-state index in [1.165, 1.54) is 22.8 Å². The van der Waals surface area contributed by atoms with Crippen molar-refractivity contribution in [2.45, 2.75) is 25.9 Å². The number of allylic oxidation sites excluding steroid dienone is 2. The Morgan fingerprint density at radius 1 is 0.941 bits per heavy atom. The van der Waals surface area contributed by atoms with Crippen LogP contribution >= 0.6 is 0 Å². The summed E-state index contributed by atoms with van der Waals surface area (Å²) in [6.07, 6.45) is 4.64. The molecule has 0 bridgehead atoms. The summed E-state index contributed by atoms with van der Waals surface area (Å²) in [6.45, 7) is 5.30. The summed E-state index contributed by atoms with van der Waals surface area (Å²) >= 11 is 0. The summed E-state index contributed by atoms with van der Waals surface area (Å²) in [6, 6.07) is 20.6. The lowest BCUT2D eigenvalue weighted by molar-refractivity contribution is -0.142. The fourth-order valence-electron chi connectivity index (χ4n) is 3.91. The van der Waals surface area contributed by atoms with Crippen molar-refractivity contribution < 1.29 is 23.8 Å². The van der Waals surface area contributed by atoms with Gasteiger partial charge in [0.25, 0.3) is 0 Å². The second kappa shape index (κ2) is 10.2. The van der Waals surface area contributed by atoms with E-state index < -0.39 is 11.9 Å². The van der Waals surface area contributed by atoms with E-state index in [1.54, 1.807) is 43.5 Å². The molecule has 3 aromatic carbocycles. The van der Waals surface area contributed by atoms with Gasteiger partial charge < -0.3 is 14.2 Å². The number of hydrogen-bond acceptors (Lipinski definition) is 5. The molecule has 1 aliphatic rings. The third-order valence-corrected chi connectivity index (χ3v) is 5.87. The molecule has 0 saturated heterocycles. The standard InChI is InChI=1S/C29H26O5/c1-4-28(30)33-19(2)22-9-10-25-18-23(11-12-24(25)17-22)20-5-7-21(8-6-20)29(31)34-27-15-13-26(32-3)14-16-27/h4-11,13-17,19H,1,12,18H2,2-3H3. The normalized spacial score (nSPS) is 13.2. The Bertz CT molecular complexity index is 1240. The summed E-state index contributed by atoms with van der Waals surface area (Å²) in [5.74, 6) is 0.338. The van der Waals surface area contributed by atoms with Gasteiger partial charge in [-0.1, -0.05) is 43.0 Å². The maximum absolute atomic E-state index is 12.5. The molecule has 0 aromatic heterocycles. The molecule has 0 saturated carbocycles. The highest BCUT2D eigenvalue weighted by Gasteiger charge is 2.17. The van der Waals surface area contributed by atoms with Crippen molar-refractivity contribution in [2.24, 2.45) is 0 Å². The Balaban J connectivity index is 1.42. The van der Waals surface area contributed by atoms with Crippen molar-refractivity contribution in [3.05, 3.63) is 113 Å². The van der Waals surface area contributed by atoms with Crippen LogP contribution in [0.4, 0.5) is 0 Å². The summed E-state index contributed by atoms with van der Waals surface area (Å²) in [7, 11) is 1.59. The van der Waals surface area contributed by atoms with Crippen molar-refractivity contribution >= 4 is 17.5 Å². The first kappa shape index (κ1) is 23.1. The average molecular weight is 455 g/mol. The van der Waals surface area contributed by atoms with Crippen molar-refractivity contribution in [3.8, 4) is 11.5 Å². The van der Waals surface area contributed by atoms with Crippen LogP contribution in [0.3, 0.4) is 0 Å². The number of methoxy groups -OCH3 is 1. The van der Waals surface area contributed by atoms with E-state index in [-0.39, 0.29) is 6.10 Å². The monoisotopic (exact) mass is 454 g/mol. The molecule has 34 heavy (non-hydrogen) atoms. The SMILES string of the molecule is C=CC(=O)OC(C)c1ccc2c(c1)CC=C(c1ccc(C(=O)Oc3ccc(OC)cc3)cc1)C2. The van der Waals surface area contributed by atoms with Gasteiger partial charge in [-0.15, -0.1) is 0 Å². The molecule has 0 aliphatic heterocycles. The average Bonchev–Trinajstić information content (AvgIpc) is 2.88. The number of hydrogen-bond donors (Lipinski definition) is 0. The molecule has 5 heteroatoms. The Morgan fingerprint density at radius 3 is 2.32 bits per heavy atom. The van der Waals surface area contributed by atoms with Gasteiger partial charge in [-0.25, -0.2) is 9.59 Å². The zero-order chi connectivity index (χ0) is 24.1. The van der Waals surface area contributed by atoms with Crippen LogP contribution in [-0.4, -0.2) is 19.0 Å². The quantitative estimate of drug-likeness (QED) is 0.253. The lowest BCUT2D eigenvalue weighted by Gasteiger charge is -2.20. The summed E-state index contributed by atoms with van der Waals surface area (Å²) in [4.78, 5) is 24.0. The summed E-state index contributed by atoms with van der Waals surface area (Å²) < 4.78 is 15.9. The number of fused-ring (bicyclic) bond motifs is 1. The zero-order valence-electron chi connectivity index (χ0n) is 19.2. The molecule has 0 radical (unpaired) electrons. The highest BCUT2D eigenvalue weighted by atomic mass is 16.5. The number of esters is 2. The molecule has 0 fully saturated rings. The van der Waals surface area contributed by atoms with Crippen molar-refractivity contribution in [1.82, 2.24) is 0 Å². The lowest BCUT2D eigenvalue weighted by Crippen LogP contribution is -2.09. The fraction of sp³-hybridized carbons (Fsp3) is 0.172. The minimum atomic E-state index is -0.427. The van der Waals surface area contributed by atoms with Gasteiger partial charge in [0, 0.05) is 6.08 Å². The van der Waals surface area contributed by atoms with Gasteiger partial charge in [0.05, 0.1) is 12.7 Å². The van der Waals surface area contributed by atoms with Gasteiger partial charge in [-0.2, -0.15) is 0 Å². The van der Waals surface area contributed by atoms with Crippen LogP contribution in [0.2, 0.25) is 0 Å². The molecular formula is C29H26O5. The van der Waals surface area contributed by atoms with Gasteiger partial charge in [-0.3, -0.25) is 0 Å². The van der Waals surface area contributed by atoms with E-state index in [4.69, 9.17) is 14.2 Å². The molecule has 1 unspecified atom stereocenters. The van der Waals surface area contributed by atoms with E-state index in [1.807, 2.05) is 25.1 Å². The van der Waals surface area contributed by atoms with Gasteiger partial charge in [-0.05, 0) is 84.0 Å². The third kappa shape index (κ3) is 5.26. The van der Waals surface area contributed by atoms with Crippen LogP contribution in [0, 0.1) is 0 Å². The summed E-state index contributed by atoms with van der Waals surface area (Å²) in [5, 5.41) is 0. The van der Waals surface area contributed by atoms with Crippen LogP contribution in [0.1, 0.15) is 45.6 Å². The third-order valence-electron chi connectivity index (χ3n) is 5.87. The van der Waals surface area contributed by atoms with Crippen LogP contribution in [0.25, 0.3) is 5.57 Å². The first-order chi connectivity index (χ1) is 16.5. The molecule has 1 aliphatic carbocycles. The minimum absolute atomic E-state index is 0.327. The minimum Gasteiger partial charge on any atom is -0.497 e. The topological polar surface area (TPSA) is 61.8 Å². The maximum Gasteiger partial charge on any atom is 0.343 e. The van der Waals surface area contributed by atoms with E-state index >= 15 is 0 Å². The van der Waals surface area contributed by atoms with E-state index in [2.05, 4.69) is 24.8 Å². The fourth-order valence-corrected chi connectivity index (χ4v) is 3.91. The second-order valence-corrected chi connectivity index (χ2v) is 8.06. The largest absolute Gasteiger partial charge is 0.497 e. The first-order valence-corrected chi connectivity index (χ1v) is 11.1. The number of rotatable bonds is 7. The van der Waals surface area contributed by atoms with Crippen molar-refractivity contribution in [3.63, 3.8) is 0 Å². The van der Waals surface area contributed by atoms with Gasteiger partial charge in [0.2, 0.25) is 0 Å². The van der Waals surface area contributed by atoms with Crippen LogP contribution in [-0.2, 0) is 22.4 Å². The van der Waals surface area contributed by atoms with Crippen molar-refractivity contribution in [1.29, 1.82) is 0 Å². The van der Waals surface area contributed by atoms with Gasteiger partial charge in [0.15, 0.2) is 0 Å². The zero-order valence-corrected chi connectivity index (χ0v) is 19.2.